The summed E-state index contributed by atoms with van der Waals surface area (Å²) in [6.45, 7) is 2.46. The van der Waals surface area contributed by atoms with Gasteiger partial charge >= 0.3 is 5.97 Å². The van der Waals surface area contributed by atoms with Crippen molar-refractivity contribution in [3.8, 4) is 0 Å². The highest BCUT2D eigenvalue weighted by molar-refractivity contribution is 5.66. The fourth-order valence-electron chi connectivity index (χ4n) is 9.70. The first-order valence-corrected chi connectivity index (χ1v) is 26.1. The average molecular weight is 1040 g/mol. The van der Waals surface area contributed by atoms with E-state index in [1.165, 1.54) is 6.92 Å². The number of carbonyl (C=O) groups is 1. The van der Waals surface area contributed by atoms with Crippen molar-refractivity contribution in [1.29, 1.82) is 0 Å². The molecule has 1 aliphatic carbocycles. The summed E-state index contributed by atoms with van der Waals surface area (Å²) < 4.78 is 69.2. The van der Waals surface area contributed by atoms with Gasteiger partial charge in [0.1, 0.15) is 54.9 Å². The monoisotopic (exact) mass is 1040 g/mol. The highest BCUT2D eigenvalue weighted by Crippen LogP contribution is 2.39. The maximum atomic E-state index is 13.7. The third-order valence-electron chi connectivity index (χ3n) is 13.4. The molecule has 0 aromatic heterocycles. The second-order valence-electron chi connectivity index (χ2n) is 19.0. The van der Waals surface area contributed by atoms with Gasteiger partial charge < -0.3 is 47.4 Å². The number of esters is 1. The topological polar surface area (TPSA) is 158 Å². The predicted molar refractivity (Wildman–Crippen MR) is 288 cm³/mol. The van der Waals surface area contributed by atoms with Gasteiger partial charge in [-0.05, 0) is 44.5 Å². The summed E-state index contributed by atoms with van der Waals surface area (Å²) >= 11 is 0. The van der Waals surface area contributed by atoms with Crippen molar-refractivity contribution in [3.05, 3.63) is 262 Å². The van der Waals surface area contributed by atoms with Crippen LogP contribution in [0.5, 0.6) is 0 Å². The molecule has 398 valence electrons. The predicted octanol–water partition coefficient (Wildman–Crippen LogP) is 11.4. The highest BCUT2D eigenvalue weighted by atomic mass is 16.7. The lowest BCUT2D eigenvalue weighted by Gasteiger charge is -2.51. The van der Waals surface area contributed by atoms with E-state index in [1.807, 2.05) is 212 Å². The standard InChI is InChI=1S/C63H65N3O11/c1-45(67)75-61-59(73-42-51-33-19-7-20-34-51)57(71-40-49-29-15-5-16-30-49)58(72-41-50-31-17-6-18-32-50)60(74-43-52-35-21-8-22-36-52)62(61)77-63-54(65-66-64)56(70-39-48-27-13-4-14-28-48)55(69-38-47-25-11-3-12-26-47)53(76-63)44-68-37-46-23-9-2-10-24-46/h2-36,53-63H,37-44H2,1H3/t53-,54-,55+,56-,57+,58-,59-,60+,61-,62-,63+/m1/s1. The van der Waals surface area contributed by atoms with Gasteiger partial charge in [0.05, 0.1) is 52.9 Å². The van der Waals surface area contributed by atoms with Crippen molar-refractivity contribution in [2.24, 2.45) is 5.11 Å². The molecule has 1 saturated heterocycles. The van der Waals surface area contributed by atoms with Crippen molar-refractivity contribution >= 4 is 5.97 Å². The molecule has 14 heteroatoms. The number of benzene rings is 7. The van der Waals surface area contributed by atoms with E-state index < -0.39 is 73.2 Å². The molecule has 11 atom stereocenters. The molecule has 1 saturated carbocycles. The fourth-order valence-corrected chi connectivity index (χ4v) is 9.70. The van der Waals surface area contributed by atoms with E-state index in [9.17, 15) is 10.3 Å². The van der Waals surface area contributed by atoms with Gasteiger partial charge in [-0.2, -0.15) is 0 Å². The van der Waals surface area contributed by atoms with Crippen LogP contribution in [-0.4, -0.2) is 79.8 Å². The molecule has 1 heterocycles. The summed E-state index contributed by atoms with van der Waals surface area (Å²) in [5.41, 5.74) is 16.8. The minimum Gasteiger partial charge on any atom is -0.457 e. The molecule has 77 heavy (non-hydrogen) atoms. The second-order valence-corrected chi connectivity index (χ2v) is 19.0. The average Bonchev–Trinajstić information content (AvgIpc) is 3.48. The Kier molecular flexibility index (Phi) is 20.6. The van der Waals surface area contributed by atoms with Gasteiger partial charge in [0.25, 0.3) is 0 Å². The van der Waals surface area contributed by atoms with Crippen LogP contribution >= 0.6 is 0 Å². The molecule has 0 bridgehead atoms. The molecule has 0 spiro atoms. The van der Waals surface area contributed by atoms with Crippen LogP contribution in [0.25, 0.3) is 10.4 Å². The van der Waals surface area contributed by atoms with E-state index in [0.29, 0.717) is 0 Å². The third kappa shape index (κ3) is 15.8. The zero-order chi connectivity index (χ0) is 52.9. The quantitative estimate of drug-likeness (QED) is 0.0220. The minimum absolute atomic E-state index is 0.0232. The van der Waals surface area contributed by atoms with Crippen molar-refractivity contribution in [3.63, 3.8) is 0 Å². The molecule has 9 rings (SSSR count). The maximum Gasteiger partial charge on any atom is 0.303 e. The minimum atomic E-state index is -1.38. The van der Waals surface area contributed by atoms with Gasteiger partial charge in [-0.25, -0.2) is 0 Å². The van der Waals surface area contributed by atoms with Crippen molar-refractivity contribution in [1.82, 2.24) is 0 Å². The van der Waals surface area contributed by atoms with Gasteiger partial charge in [-0.15, -0.1) is 0 Å². The SMILES string of the molecule is CC(=O)O[C@@H]1[C@H](OCc2ccccc2)[C@@H](OCc2ccccc2)[C@@H](OCc2ccccc2)[C@H](OCc2ccccc2)[C@H]1O[C@@H]1O[C@H](COCc2ccccc2)[C@H](OCc2ccccc2)[C@H](OCc2ccccc2)[C@H]1N=[N+]=[N-]. The summed E-state index contributed by atoms with van der Waals surface area (Å²) in [7, 11) is 0. The molecule has 0 amide bonds. The molecule has 0 unspecified atom stereocenters. The summed E-state index contributed by atoms with van der Waals surface area (Å²) in [4.78, 5) is 17.1. The molecular formula is C63H65N3O11. The smallest absolute Gasteiger partial charge is 0.303 e. The van der Waals surface area contributed by atoms with Crippen LogP contribution in [0, 0.1) is 0 Å². The molecule has 2 aliphatic rings. The number of hydrogen-bond donors (Lipinski definition) is 0. The van der Waals surface area contributed by atoms with Gasteiger partial charge in [0.15, 0.2) is 12.4 Å². The Labute approximate surface area is 450 Å². The zero-order valence-electron chi connectivity index (χ0n) is 43.0. The third-order valence-corrected chi connectivity index (χ3v) is 13.4. The van der Waals surface area contributed by atoms with Crippen LogP contribution < -0.4 is 0 Å². The van der Waals surface area contributed by atoms with Crippen LogP contribution in [0.2, 0.25) is 0 Å². The van der Waals surface area contributed by atoms with E-state index in [4.69, 9.17) is 47.4 Å². The number of hydrogen-bond acceptors (Lipinski definition) is 12. The number of rotatable bonds is 26. The number of azide groups is 1. The first-order valence-electron chi connectivity index (χ1n) is 26.1. The van der Waals surface area contributed by atoms with E-state index in [0.717, 1.165) is 38.9 Å². The lowest BCUT2D eigenvalue weighted by atomic mass is 9.83. The van der Waals surface area contributed by atoms with Crippen molar-refractivity contribution in [2.45, 2.75) is 120 Å². The first kappa shape index (κ1) is 54.7. The summed E-state index contributed by atoms with van der Waals surface area (Å²) in [6, 6.07) is 67.1. The largest absolute Gasteiger partial charge is 0.457 e. The lowest BCUT2D eigenvalue weighted by Crippen LogP contribution is -2.69. The highest BCUT2D eigenvalue weighted by Gasteiger charge is 2.58. The Morgan fingerprint density at radius 1 is 0.416 bits per heavy atom. The van der Waals surface area contributed by atoms with E-state index in [-0.39, 0.29) is 52.9 Å². The Morgan fingerprint density at radius 3 is 1.05 bits per heavy atom. The summed E-state index contributed by atoms with van der Waals surface area (Å²) in [5.74, 6) is -0.606. The van der Waals surface area contributed by atoms with Crippen molar-refractivity contribution < 1.29 is 52.2 Å². The molecule has 1 aliphatic heterocycles. The van der Waals surface area contributed by atoms with Crippen LogP contribution in [-0.2, 0) is 98.4 Å². The van der Waals surface area contributed by atoms with Crippen LogP contribution in [0.4, 0.5) is 0 Å². The molecule has 14 nitrogen and oxygen atoms in total. The van der Waals surface area contributed by atoms with E-state index in [2.05, 4.69) is 10.0 Å². The Morgan fingerprint density at radius 2 is 0.714 bits per heavy atom. The first-order chi connectivity index (χ1) is 38.0. The van der Waals surface area contributed by atoms with E-state index >= 15 is 0 Å². The second kappa shape index (κ2) is 28.9. The molecule has 0 radical (unpaired) electrons. The van der Waals surface area contributed by atoms with Crippen LogP contribution in [0.1, 0.15) is 45.9 Å². The zero-order valence-corrected chi connectivity index (χ0v) is 43.0. The Balaban J connectivity index is 1.15. The molecule has 0 N–H and O–H groups in total. The molecule has 2 fully saturated rings. The Hall–Kier alpha value is -7.04. The van der Waals surface area contributed by atoms with Crippen LogP contribution in [0.15, 0.2) is 217 Å². The lowest BCUT2D eigenvalue weighted by molar-refractivity contribution is -0.339. The molecule has 7 aromatic rings. The number of ether oxygens (including phenoxy) is 10. The number of nitrogens with zero attached hydrogens (tertiary/aromatic N) is 3. The fraction of sp³-hybridized carbons (Fsp3) is 0.317. The number of carbonyl (C=O) groups excluding carboxylic acids is 1. The summed E-state index contributed by atoms with van der Waals surface area (Å²) in [5, 5.41) is 4.41. The molecular weight excluding hydrogens is 975 g/mol. The summed E-state index contributed by atoms with van der Waals surface area (Å²) in [6.07, 6.45) is -10.5. The molecule has 7 aromatic carbocycles. The van der Waals surface area contributed by atoms with Gasteiger partial charge in [0.2, 0.25) is 0 Å². The van der Waals surface area contributed by atoms with Crippen LogP contribution in [0.3, 0.4) is 0 Å². The van der Waals surface area contributed by atoms with Crippen molar-refractivity contribution in [2.75, 3.05) is 6.61 Å². The van der Waals surface area contributed by atoms with E-state index in [1.54, 1.807) is 0 Å². The van der Waals surface area contributed by atoms with Gasteiger partial charge in [-0.1, -0.05) is 217 Å². The normalized spacial score (nSPS) is 24.1. The van der Waals surface area contributed by atoms with Gasteiger partial charge in [-0.3, -0.25) is 4.79 Å². The maximum absolute atomic E-state index is 13.7. The Bertz CT molecular complexity index is 2840. The van der Waals surface area contributed by atoms with Gasteiger partial charge in [0, 0.05) is 11.8 Å².